The quantitative estimate of drug-likeness (QED) is 0.543. The van der Waals surface area contributed by atoms with Crippen molar-refractivity contribution in [2.24, 2.45) is 0 Å². The van der Waals surface area contributed by atoms with Gasteiger partial charge in [-0.05, 0) is 45.1 Å². The van der Waals surface area contributed by atoms with Gasteiger partial charge in [0, 0.05) is 18.4 Å². The highest BCUT2D eigenvalue weighted by molar-refractivity contribution is 5.03. The fourth-order valence-corrected chi connectivity index (χ4v) is 1.26. The Labute approximate surface area is 79.9 Å². The van der Waals surface area contributed by atoms with Gasteiger partial charge in [-0.25, -0.2) is 0 Å². The minimum Gasteiger partial charge on any atom is -0.365 e. The predicted octanol–water partition coefficient (Wildman–Crippen LogP) is 0.756. The second-order valence-corrected chi connectivity index (χ2v) is 3.15. The zero-order valence-electron chi connectivity index (χ0n) is 8.27. The number of aromatic amines is 1. The highest BCUT2D eigenvalue weighted by atomic mass is 14.9. The molecular weight excluding hydrogens is 162 g/mol. The number of nitrogens with one attached hydrogen (secondary N) is 3. The molecule has 13 heavy (non-hydrogen) atoms. The summed E-state index contributed by atoms with van der Waals surface area (Å²) in [7, 11) is 1.99. The number of H-pyrrole nitrogens is 1. The third-order valence-electron chi connectivity index (χ3n) is 2.01. The van der Waals surface area contributed by atoms with E-state index in [9.17, 15) is 0 Å². The van der Waals surface area contributed by atoms with Crippen LogP contribution in [0.3, 0.4) is 0 Å². The van der Waals surface area contributed by atoms with Gasteiger partial charge in [-0.1, -0.05) is 0 Å². The van der Waals surface area contributed by atoms with E-state index in [-0.39, 0.29) is 0 Å². The van der Waals surface area contributed by atoms with Crippen molar-refractivity contribution in [2.75, 3.05) is 26.7 Å². The molecule has 0 saturated heterocycles. The zero-order chi connectivity index (χ0) is 9.36. The Hall–Kier alpha value is -0.800. The topological polar surface area (TPSA) is 39.8 Å². The van der Waals surface area contributed by atoms with Gasteiger partial charge in [0.15, 0.2) is 0 Å². The van der Waals surface area contributed by atoms with E-state index in [1.54, 1.807) is 0 Å². The van der Waals surface area contributed by atoms with Crippen LogP contribution in [0, 0.1) is 0 Å². The normalized spacial score (nSPS) is 10.5. The maximum Gasteiger partial charge on any atom is 0.0159 e. The number of rotatable bonds is 7. The lowest BCUT2D eigenvalue weighted by Gasteiger charge is -2.02. The van der Waals surface area contributed by atoms with Crippen LogP contribution in [0.15, 0.2) is 18.3 Å². The molecule has 0 aliphatic rings. The molecule has 0 amide bonds. The molecule has 0 bridgehead atoms. The second kappa shape index (κ2) is 6.69. The standard InChI is InChI=1S/C10H19N3/c1-11-6-3-7-12-9-5-10-4-2-8-13-10/h2,4,8,11-13H,3,5-7,9H2,1H3. The van der Waals surface area contributed by atoms with Gasteiger partial charge in [-0.15, -0.1) is 0 Å². The molecule has 0 aromatic carbocycles. The number of aromatic nitrogens is 1. The molecule has 1 aromatic heterocycles. The van der Waals surface area contributed by atoms with Gasteiger partial charge in [0.1, 0.15) is 0 Å². The molecule has 0 aliphatic heterocycles. The lowest BCUT2D eigenvalue weighted by molar-refractivity contribution is 0.622. The largest absolute Gasteiger partial charge is 0.365 e. The van der Waals surface area contributed by atoms with Crippen LogP contribution in [-0.4, -0.2) is 31.7 Å². The van der Waals surface area contributed by atoms with Crippen LogP contribution in [-0.2, 0) is 6.42 Å². The Balaban J connectivity index is 1.90. The van der Waals surface area contributed by atoms with Crippen molar-refractivity contribution < 1.29 is 0 Å². The van der Waals surface area contributed by atoms with E-state index < -0.39 is 0 Å². The van der Waals surface area contributed by atoms with Crippen LogP contribution in [0.25, 0.3) is 0 Å². The number of hydrogen-bond donors (Lipinski definition) is 3. The van der Waals surface area contributed by atoms with Crippen molar-refractivity contribution in [1.82, 2.24) is 15.6 Å². The molecule has 0 saturated carbocycles. The summed E-state index contributed by atoms with van der Waals surface area (Å²) >= 11 is 0. The summed E-state index contributed by atoms with van der Waals surface area (Å²) in [4.78, 5) is 3.19. The summed E-state index contributed by atoms with van der Waals surface area (Å²) in [5, 5.41) is 6.52. The van der Waals surface area contributed by atoms with Crippen LogP contribution >= 0.6 is 0 Å². The summed E-state index contributed by atoms with van der Waals surface area (Å²) in [5.74, 6) is 0. The van der Waals surface area contributed by atoms with Crippen LogP contribution in [0.4, 0.5) is 0 Å². The average Bonchev–Trinajstić information content (AvgIpc) is 2.63. The molecule has 0 radical (unpaired) electrons. The van der Waals surface area contributed by atoms with Crippen LogP contribution in [0.2, 0.25) is 0 Å². The fourth-order valence-electron chi connectivity index (χ4n) is 1.26. The van der Waals surface area contributed by atoms with Gasteiger partial charge in [0.2, 0.25) is 0 Å². The van der Waals surface area contributed by atoms with Crippen molar-refractivity contribution in [3.8, 4) is 0 Å². The predicted molar refractivity (Wildman–Crippen MR) is 55.9 cm³/mol. The molecule has 0 spiro atoms. The molecule has 0 atom stereocenters. The van der Waals surface area contributed by atoms with Gasteiger partial charge in [-0.3, -0.25) is 0 Å². The average molecular weight is 181 g/mol. The first-order chi connectivity index (χ1) is 6.43. The summed E-state index contributed by atoms with van der Waals surface area (Å²) in [6.07, 6.45) is 4.25. The summed E-state index contributed by atoms with van der Waals surface area (Å²) in [6, 6.07) is 4.16. The van der Waals surface area contributed by atoms with Crippen molar-refractivity contribution in [3.63, 3.8) is 0 Å². The third-order valence-corrected chi connectivity index (χ3v) is 2.01. The molecule has 1 aromatic rings. The molecule has 0 aliphatic carbocycles. The van der Waals surface area contributed by atoms with Crippen LogP contribution in [0.5, 0.6) is 0 Å². The van der Waals surface area contributed by atoms with E-state index in [1.807, 2.05) is 19.3 Å². The SMILES string of the molecule is CNCCCNCCc1ccc[nH]1. The Bertz CT molecular complexity index is 194. The van der Waals surface area contributed by atoms with Gasteiger partial charge in [0.05, 0.1) is 0 Å². The van der Waals surface area contributed by atoms with Crippen molar-refractivity contribution >= 4 is 0 Å². The minimum absolute atomic E-state index is 1.06. The molecule has 1 rings (SSSR count). The first-order valence-corrected chi connectivity index (χ1v) is 4.91. The Morgan fingerprint density at radius 1 is 1.31 bits per heavy atom. The van der Waals surface area contributed by atoms with E-state index in [0.717, 1.165) is 26.1 Å². The third kappa shape index (κ3) is 4.70. The molecule has 3 heteroatoms. The van der Waals surface area contributed by atoms with Gasteiger partial charge >= 0.3 is 0 Å². The molecular formula is C10H19N3. The maximum atomic E-state index is 3.40. The molecule has 74 valence electrons. The molecule has 0 unspecified atom stereocenters. The van der Waals surface area contributed by atoms with Gasteiger partial charge in [0.25, 0.3) is 0 Å². The van der Waals surface area contributed by atoms with Crippen LogP contribution in [0.1, 0.15) is 12.1 Å². The van der Waals surface area contributed by atoms with E-state index in [1.165, 1.54) is 12.1 Å². The fraction of sp³-hybridized carbons (Fsp3) is 0.600. The van der Waals surface area contributed by atoms with E-state index >= 15 is 0 Å². The Kier molecular flexibility index (Phi) is 5.29. The van der Waals surface area contributed by atoms with Gasteiger partial charge < -0.3 is 15.6 Å². The first kappa shape index (κ1) is 10.3. The summed E-state index contributed by atoms with van der Waals surface area (Å²) in [5.41, 5.74) is 1.31. The van der Waals surface area contributed by atoms with Crippen molar-refractivity contribution in [2.45, 2.75) is 12.8 Å². The molecule has 0 fully saturated rings. The Morgan fingerprint density at radius 2 is 2.23 bits per heavy atom. The molecule has 3 nitrogen and oxygen atoms in total. The Morgan fingerprint density at radius 3 is 2.92 bits per heavy atom. The van der Waals surface area contributed by atoms with E-state index in [0.29, 0.717) is 0 Å². The summed E-state index contributed by atoms with van der Waals surface area (Å²) in [6.45, 7) is 3.25. The number of hydrogen-bond acceptors (Lipinski definition) is 2. The minimum atomic E-state index is 1.06. The first-order valence-electron chi connectivity index (χ1n) is 4.91. The van der Waals surface area contributed by atoms with Gasteiger partial charge in [-0.2, -0.15) is 0 Å². The van der Waals surface area contributed by atoms with Crippen LogP contribution < -0.4 is 10.6 Å². The highest BCUT2D eigenvalue weighted by Gasteiger charge is 1.91. The zero-order valence-corrected chi connectivity index (χ0v) is 8.27. The monoisotopic (exact) mass is 181 g/mol. The maximum absolute atomic E-state index is 3.40. The van der Waals surface area contributed by atoms with Crippen molar-refractivity contribution in [3.05, 3.63) is 24.0 Å². The summed E-state index contributed by atoms with van der Waals surface area (Å²) < 4.78 is 0. The molecule has 1 heterocycles. The van der Waals surface area contributed by atoms with Crippen molar-refractivity contribution in [1.29, 1.82) is 0 Å². The molecule has 3 N–H and O–H groups in total. The van der Waals surface area contributed by atoms with E-state index in [2.05, 4.69) is 21.7 Å². The lowest BCUT2D eigenvalue weighted by Crippen LogP contribution is -2.21. The lowest BCUT2D eigenvalue weighted by atomic mass is 10.3. The second-order valence-electron chi connectivity index (χ2n) is 3.15. The highest BCUT2D eigenvalue weighted by Crippen LogP contribution is 1.93. The smallest absolute Gasteiger partial charge is 0.0159 e. The van der Waals surface area contributed by atoms with E-state index in [4.69, 9.17) is 0 Å².